The monoisotopic (exact) mass is 387 g/mol. The van der Waals surface area contributed by atoms with Crippen LogP contribution in [0.4, 0.5) is 0 Å². The summed E-state index contributed by atoms with van der Waals surface area (Å²) in [6, 6.07) is 12.3. The summed E-state index contributed by atoms with van der Waals surface area (Å²) in [6.45, 7) is 7.53. The smallest absolute Gasteiger partial charge is 0.142 e. The number of aryl methyl sites for hydroxylation is 1. The van der Waals surface area contributed by atoms with E-state index in [-0.39, 0.29) is 12.4 Å². The maximum absolute atomic E-state index is 6.34. The van der Waals surface area contributed by atoms with Crippen molar-refractivity contribution in [1.82, 2.24) is 5.32 Å². The molecule has 0 spiro atoms. The third kappa shape index (κ3) is 6.18. The van der Waals surface area contributed by atoms with E-state index in [4.69, 9.17) is 27.9 Å². The summed E-state index contributed by atoms with van der Waals surface area (Å²) >= 11 is 12.5. The summed E-state index contributed by atoms with van der Waals surface area (Å²) in [7, 11) is 0. The van der Waals surface area contributed by atoms with Crippen LogP contribution in [0.1, 0.15) is 37.0 Å². The van der Waals surface area contributed by atoms with Crippen molar-refractivity contribution in [3.63, 3.8) is 0 Å². The first-order chi connectivity index (χ1) is 11.0. The minimum atomic E-state index is 0. The number of hydrogen-bond donors (Lipinski definition) is 1. The minimum absolute atomic E-state index is 0. The third-order valence-corrected chi connectivity index (χ3v) is 4.34. The van der Waals surface area contributed by atoms with Gasteiger partial charge in [-0.05, 0) is 38.0 Å². The molecule has 0 amide bonds. The maximum Gasteiger partial charge on any atom is 0.142 e. The Hall–Kier alpha value is -0.930. The van der Waals surface area contributed by atoms with Gasteiger partial charge in [0.25, 0.3) is 0 Å². The SMILES string of the molecule is CCC(C)NCc1cc(Cl)cc(Cl)c1OCc1ccc(C)cc1.Cl. The molecule has 0 heterocycles. The van der Waals surface area contributed by atoms with Gasteiger partial charge in [0, 0.05) is 23.2 Å². The Bertz CT molecular complexity index is 644. The van der Waals surface area contributed by atoms with Crippen molar-refractivity contribution < 1.29 is 4.74 Å². The maximum atomic E-state index is 6.34. The van der Waals surface area contributed by atoms with Crippen molar-refractivity contribution in [3.8, 4) is 5.75 Å². The first kappa shape index (κ1) is 21.1. The van der Waals surface area contributed by atoms with Crippen molar-refractivity contribution in [2.75, 3.05) is 0 Å². The van der Waals surface area contributed by atoms with E-state index in [0.717, 1.165) is 17.5 Å². The summed E-state index contributed by atoms with van der Waals surface area (Å²) in [5, 5.41) is 4.62. The molecule has 0 bridgehead atoms. The highest BCUT2D eigenvalue weighted by molar-refractivity contribution is 6.35. The summed E-state index contributed by atoms with van der Waals surface area (Å²) in [4.78, 5) is 0. The quantitative estimate of drug-likeness (QED) is 0.610. The molecule has 0 aliphatic carbocycles. The van der Waals surface area contributed by atoms with Gasteiger partial charge in [0.15, 0.2) is 0 Å². The van der Waals surface area contributed by atoms with E-state index in [2.05, 4.69) is 50.4 Å². The molecule has 2 aromatic rings. The van der Waals surface area contributed by atoms with Crippen LogP contribution in [0.5, 0.6) is 5.75 Å². The molecule has 1 atom stereocenters. The molecule has 2 aromatic carbocycles. The molecule has 5 heteroatoms. The summed E-state index contributed by atoms with van der Waals surface area (Å²) < 4.78 is 5.98. The van der Waals surface area contributed by atoms with Gasteiger partial charge >= 0.3 is 0 Å². The van der Waals surface area contributed by atoms with Gasteiger partial charge in [-0.1, -0.05) is 60.0 Å². The third-order valence-electron chi connectivity index (χ3n) is 3.84. The van der Waals surface area contributed by atoms with Crippen LogP contribution in [0.15, 0.2) is 36.4 Å². The van der Waals surface area contributed by atoms with Crippen LogP contribution in [0.2, 0.25) is 10.0 Å². The predicted octanol–water partition coefficient (Wildman–Crippen LogP) is 6.19. The number of ether oxygens (including phenoxy) is 1. The van der Waals surface area contributed by atoms with E-state index in [0.29, 0.717) is 35.0 Å². The standard InChI is InChI=1S/C19H23Cl2NO.ClH/c1-4-14(3)22-11-16-9-17(20)10-18(21)19(16)23-12-15-7-5-13(2)6-8-15;/h5-10,14,22H,4,11-12H2,1-3H3;1H. The summed E-state index contributed by atoms with van der Waals surface area (Å²) in [5.41, 5.74) is 3.33. The Morgan fingerprint density at radius 3 is 2.42 bits per heavy atom. The van der Waals surface area contributed by atoms with E-state index in [1.165, 1.54) is 5.56 Å². The molecule has 2 rings (SSSR count). The van der Waals surface area contributed by atoms with Gasteiger partial charge in [-0.25, -0.2) is 0 Å². The van der Waals surface area contributed by atoms with Crippen LogP contribution in [0, 0.1) is 6.92 Å². The number of benzene rings is 2. The summed E-state index contributed by atoms with van der Waals surface area (Å²) in [5.74, 6) is 0.701. The van der Waals surface area contributed by atoms with Gasteiger partial charge < -0.3 is 10.1 Å². The largest absolute Gasteiger partial charge is 0.487 e. The fraction of sp³-hybridized carbons (Fsp3) is 0.368. The molecule has 24 heavy (non-hydrogen) atoms. The topological polar surface area (TPSA) is 21.3 Å². The van der Waals surface area contributed by atoms with E-state index < -0.39 is 0 Å². The van der Waals surface area contributed by atoms with E-state index in [9.17, 15) is 0 Å². The van der Waals surface area contributed by atoms with Crippen LogP contribution in [-0.2, 0) is 13.2 Å². The van der Waals surface area contributed by atoms with Crippen LogP contribution in [0.3, 0.4) is 0 Å². The van der Waals surface area contributed by atoms with Gasteiger partial charge in [0.05, 0.1) is 5.02 Å². The van der Waals surface area contributed by atoms with Crippen LogP contribution in [0.25, 0.3) is 0 Å². The number of rotatable bonds is 7. The number of halogens is 3. The molecule has 0 radical (unpaired) electrons. The average molecular weight is 389 g/mol. The Labute approximate surface area is 160 Å². The molecule has 0 saturated carbocycles. The van der Waals surface area contributed by atoms with Gasteiger partial charge in [-0.2, -0.15) is 0 Å². The second-order valence-electron chi connectivity index (χ2n) is 5.84. The van der Waals surface area contributed by atoms with Gasteiger partial charge in [0.2, 0.25) is 0 Å². The first-order valence-corrected chi connectivity index (χ1v) is 8.64. The highest BCUT2D eigenvalue weighted by Gasteiger charge is 2.12. The van der Waals surface area contributed by atoms with Crippen LogP contribution >= 0.6 is 35.6 Å². The lowest BCUT2D eigenvalue weighted by atomic mass is 10.1. The average Bonchev–Trinajstić information content (AvgIpc) is 2.53. The Morgan fingerprint density at radius 2 is 1.79 bits per heavy atom. The lowest BCUT2D eigenvalue weighted by Gasteiger charge is -2.17. The summed E-state index contributed by atoms with van der Waals surface area (Å²) in [6.07, 6.45) is 1.06. The molecule has 0 saturated heterocycles. The molecule has 132 valence electrons. The zero-order valence-electron chi connectivity index (χ0n) is 14.2. The van der Waals surface area contributed by atoms with Crippen molar-refractivity contribution >= 4 is 35.6 Å². The Balaban J connectivity index is 0.00000288. The lowest BCUT2D eigenvalue weighted by molar-refractivity contribution is 0.301. The fourth-order valence-corrected chi connectivity index (χ4v) is 2.77. The molecule has 1 N–H and O–H groups in total. The lowest BCUT2D eigenvalue weighted by Crippen LogP contribution is -2.24. The Kier molecular flexibility index (Phi) is 8.93. The van der Waals surface area contributed by atoms with Crippen molar-refractivity contribution in [2.45, 2.75) is 46.4 Å². The van der Waals surface area contributed by atoms with Crippen molar-refractivity contribution in [2.24, 2.45) is 0 Å². The predicted molar refractivity (Wildman–Crippen MR) is 106 cm³/mol. The molecular formula is C19H24Cl3NO. The van der Waals surface area contributed by atoms with Gasteiger partial charge in [0.1, 0.15) is 12.4 Å². The van der Waals surface area contributed by atoms with Gasteiger partial charge in [-0.3, -0.25) is 0 Å². The second-order valence-corrected chi connectivity index (χ2v) is 6.68. The normalized spacial score (nSPS) is 11.7. The molecule has 0 fully saturated rings. The highest BCUT2D eigenvalue weighted by atomic mass is 35.5. The van der Waals surface area contributed by atoms with Gasteiger partial charge in [-0.15, -0.1) is 12.4 Å². The first-order valence-electron chi connectivity index (χ1n) is 7.89. The van der Waals surface area contributed by atoms with E-state index in [1.807, 2.05) is 6.07 Å². The molecule has 1 unspecified atom stereocenters. The van der Waals surface area contributed by atoms with Crippen LogP contribution < -0.4 is 10.1 Å². The highest BCUT2D eigenvalue weighted by Crippen LogP contribution is 2.33. The second kappa shape index (κ2) is 10.1. The molecule has 0 aromatic heterocycles. The fourth-order valence-electron chi connectivity index (χ4n) is 2.17. The van der Waals surface area contributed by atoms with Crippen molar-refractivity contribution in [3.05, 3.63) is 63.1 Å². The minimum Gasteiger partial charge on any atom is -0.487 e. The van der Waals surface area contributed by atoms with E-state index in [1.54, 1.807) is 6.07 Å². The Morgan fingerprint density at radius 1 is 1.12 bits per heavy atom. The molecule has 2 nitrogen and oxygen atoms in total. The zero-order chi connectivity index (χ0) is 16.8. The zero-order valence-corrected chi connectivity index (χ0v) is 16.6. The van der Waals surface area contributed by atoms with Crippen molar-refractivity contribution in [1.29, 1.82) is 0 Å². The number of nitrogens with one attached hydrogen (secondary N) is 1. The van der Waals surface area contributed by atoms with Crippen LogP contribution in [-0.4, -0.2) is 6.04 Å². The molecule has 0 aliphatic heterocycles. The van der Waals surface area contributed by atoms with E-state index >= 15 is 0 Å². The number of hydrogen-bond acceptors (Lipinski definition) is 2. The molecular weight excluding hydrogens is 365 g/mol. The molecule has 0 aliphatic rings.